The molecule has 1 amide bonds. The average Bonchev–Trinajstić information content (AvgIpc) is 2.34. The molecule has 0 saturated heterocycles. The van der Waals surface area contributed by atoms with Crippen LogP contribution in [0.4, 0.5) is 4.39 Å². The molecule has 1 aromatic carbocycles. The normalized spacial score (nSPS) is 12.3. The first-order valence-corrected chi connectivity index (χ1v) is 6.30. The van der Waals surface area contributed by atoms with Crippen molar-refractivity contribution in [1.82, 2.24) is 10.6 Å². The van der Waals surface area contributed by atoms with Crippen LogP contribution in [0.1, 0.15) is 24.9 Å². The number of carbonyl (C=O) groups excluding carboxylic acids is 1. The van der Waals surface area contributed by atoms with Gasteiger partial charge < -0.3 is 10.6 Å². The minimum Gasteiger partial charge on any atom is -0.359 e. The molecule has 0 aromatic heterocycles. The second-order valence-corrected chi connectivity index (χ2v) is 4.64. The fourth-order valence-corrected chi connectivity index (χ4v) is 2.27. The second-order valence-electron chi connectivity index (χ2n) is 3.86. The maximum Gasteiger partial charge on any atom is 0.221 e. The molecule has 6 heteroatoms. The highest BCUT2D eigenvalue weighted by molar-refractivity contribution is 6.36. The van der Waals surface area contributed by atoms with Crippen LogP contribution in [0.5, 0.6) is 0 Å². The van der Waals surface area contributed by atoms with Crippen molar-refractivity contribution < 1.29 is 9.18 Å². The van der Waals surface area contributed by atoms with Crippen LogP contribution in [-0.4, -0.2) is 19.5 Å². The molecule has 0 aliphatic heterocycles. The van der Waals surface area contributed by atoms with E-state index in [1.54, 1.807) is 7.05 Å². The summed E-state index contributed by atoms with van der Waals surface area (Å²) < 4.78 is 13.3. The van der Waals surface area contributed by atoms with Gasteiger partial charge >= 0.3 is 0 Å². The lowest BCUT2D eigenvalue weighted by Gasteiger charge is -2.17. The minimum absolute atomic E-state index is 0.0162. The molecule has 0 bridgehead atoms. The number of benzene rings is 1. The van der Waals surface area contributed by atoms with Crippen molar-refractivity contribution in [2.75, 3.05) is 13.6 Å². The number of halogens is 3. The Labute approximate surface area is 116 Å². The maximum atomic E-state index is 13.3. The van der Waals surface area contributed by atoms with Gasteiger partial charge in [0.25, 0.3) is 0 Å². The van der Waals surface area contributed by atoms with Gasteiger partial charge in [-0.05, 0) is 19.1 Å². The van der Waals surface area contributed by atoms with Crippen LogP contribution in [0.15, 0.2) is 12.1 Å². The van der Waals surface area contributed by atoms with E-state index in [2.05, 4.69) is 10.6 Å². The molecule has 0 radical (unpaired) electrons. The molecule has 0 aliphatic rings. The van der Waals surface area contributed by atoms with Gasteiger partial charge in [0, 0.05) is 36.6 Å². The molecule has 0 aliphatic carbocycles. The molecule has 0 spiro atoms. The third kappa shape index (κ3) is 3.83. The molecule has 1 aromatic rings. The van der Waals surface area contributed by atoms with Crippen LogP contribution in [0.3, 0.4) is 0 Å². The number of hydrogen-bond donors (Lipinski definition) is 2. The highest BCUT2D eigenvalue weighted by atomic mass is 35.5. The van der Waals surface area contributed by atoms with E-state index in [4.69, 9.17) is 23.2 Å². The molecule has 1 atom stereocenters. The summed E-state index contributed by atoms with van der Waals surface area (Å²) in [4.78, 5) is 11.1. The smallest absolute Gasteiger partial charge is 0.221 e. The molecule has 1 rings (SSSR count). The van der Waals surface area contributed by atoms with Crippen molar-refractivity contribution in [3.8, 4) is 0 Å². The van der Waals surface area contributed by atoms with Gasteiger partial charge in [-0.2, -0.15) is 0 Å². The zero-order valence-electron chi connectivity index (χ0n) is 10.2. The van der Waals surface area contributed by atoms with Crippen LogP contribution < -0.4 is 10.6 Å². The van der Waals surface area contributed by atoms with Crippen LogP contribution in [-0.2, 0) is 4.79 Å². The molecule has 0 heterocycles. The number of carbonyl (C=O) groups is 1. The Morgan fingerprint density at radius 3 is 2.72 bits per heavy atom. The SMILES string of the molecule is CNC(=O)CCNC(C)c1c(Cl)ccc(F)c1Cl. The van der Waals surface area contributed by atoms with Gasteiger partial charge in [-0.15, -0.1) is 0 Å². The predicted molar refractivity (Wildman–Crippen MR) is 71.5 cm³/mol. The first-order chi connectivity index (χ1) is 8.47. The fourth-order valence-electron chi connectivity index (χ4n) is 1.57. The van der Waals surface area contributed by atoms with E-state index in [0.717, 1.165) is 0 Å². The van der Waals surface area contributed by atoms with Gasteiger partial charge in [0.15, 0.2) is 0 Å². The predicted octanol–water partition coefficient (Wildman–Crippen LogP) is 2.92. The molecule has 3 nitrogen and oxygen atoms in total. The van der Waals surface area contributed by atoms with Crippen LogP contribution in [0, 0.1) is 5.82 Å². The number of amides is 1. The number of rotatable bonds is 5. The van der Waals surface area contributed by atoms with Crippen molar-refractivity contribution in [3.05, 3.63) is 33.6 Å². The lowest BCUT2D eigenvalue weighted by atomic mass is 10.1. The molecule has 0 fully saturated rings. The van der Waals surface area contributed by atoms with Crippen LogP contribution >= 0.6 is 23.2 Å². The van der Waals surface area contributed by atoms with Crippen molar-refractivity contribution in [2.24, 2.45) is 0 Å². The molecular weight excluding hydrogens is 278 g/mol. The highest BCUT2D eigenvalue weighted by Crippen LogP contribution is 2.32. The lowest BCUT2D eigenvalue weighted by molar-refractivity contribution is -0.120. The topological polar surface area (TPSA) is 41.1 Å². The van der Waals surface area contributed by atoms with E-state index >= 15 is 0 Å². The zero-order chi connectivity index (χ0) is 13.7. The van der Waals surface area contributed by atoms with E-state index < -0.39 is 5.82 Å². The average molecular weight is 293 g/mol. The van der Waals surface area contributed by atoms with Gasteiger partial charge in [0.05, 0.1) is 5.02 Å². The molecule has 1 unspecified atom stereocenters. The van der Waals surface area contributed by atoms with E-state index in [-0.39, 0.29) is 17.0 Å². The highest BCUT2D eigenvalue weighted by Gasteiger charge is 2.16. The van der Waals surface area contributed by atoms with Gasteiger partial charge in [0.2, 0.25) is 5.91 Å². The monoisotopic (exact) mass is 292 g/mol. The summed E-state index contributed by atoms with van der Waals surface area (Å²) in [7, 11) is 1.58. The van der Waals surface area contributed by atoms with Gasteiger partial charge in [-0.3, -0.25) is 4.79 Å². The van der Waals surface area contributed by atoms with E-state index in [0.29, 0.717) is 23.6 Å². The van der Waals surface area contributed by atoms with E-state index in [1.165, 1.54) is 12.1 Å². The quantitative estimate of drug-likeness (QED) is 0.820. The molecular formula is C12H15Cl2FN2O. The maximum absolute atomic E-state index is 13.3. The van der Waals surface area contributed by atoms with E-state index in [9.17, 15) is 9.18 Å². The lowest BCUT2D eigenvalue weighted by Crippen LogP contribution is -2.26. The molecule has 100 valence electrons. The van der Waals surface area contributed by atoms with Crippen molar-refractivity contribution in [3.63, 3.8) is 0 Å². The summed E-state index contributed by atoms with van der Waals surface area (Å²) in [6.45, 7) is 2.28. The Hall–Kier alpha value is -0.840. The Kier molecular flexibility index (Phi) is 5.85. The Morgan fingerprint density at radius 1 is 1.44 bits per heavy atom. The summed E-state index contributed by atoms with van der Waals surface area (Å²) in [5, 5.41) is 6.02. The molecule has 0 saturated carbocycles. The van der Waals surface area contributed by atoms with Crippen molar-refractivity contribution in [1.29, 1.82) is 0 Å². The first-order valence-electron chi connectivity index (χ1n) is 5.54. The first kappa shape index (κ1) is 15.2. The van der Waals surface area contributed by atoms with Crippen molar-refractivity contribution >= 4 is 29.1 Å². The largest absolute Gasteiger partial charge is 0.359 e. The summed E-state index contributed by atoms with van der Waals surface area (Å²) >= 11 is 11.9. The van der Waals surface area contributed by atoms with Gasteiger partial charge in [0.1, 0.15) is 5.82 Å². The fraction of sp³-hybridized carbons (Fsp3) is 0.417. The van der Waals surface area contributed by atoms with Gasteiger partial charge in [-0.25, -0.2) is 4.39 Å². The Morgan fingerprint density at radius 2 is 2.11 bits per heavy atom. The third-order valence-corrected chi connectivity index (χ3v) is 3.31. The number of hydrogen-bond acceptors (Lipinski definition) is 2. The standard InChI is InChI=1S/C12H15Cl2FN2O/c1-7(17-6-5-10(18)16-2)11-8(13)3-4-9(15)12(11)14/h3-4,7,17H,5-6H2,1-2H3,(H,16,18). The summed E-state index contributed by atoms with van der Waals surface area (Å²) in [6, 6.07) is 2.46. The molecule has 18 heavy (non-hydrogen) atoms. The third-order valence-electron chi connectivity index (χ3n) is 2.59. The Bertz CT molecular complexity index is 440. The van der Waals surface area contributed by atoms with Crippen molar-refractivity contribution in [2.45, 2.75) is 19.4 Å². The number of nitrogens with one attached hydrogen (secondary N) is 2. The van der Waals surface area contributed by atoms with Crippen LogP contribution in [0.2, 0.25) is 10.0 Å². The van der Waals surface area contributed by atoms with Crippen LogP contribution in [0.25, 0.3) is 0 Å². The summed E-state index contributed by atoms with van der Waals surface area (Å²) in [5.41, 5.74) is 0.509. The molecule has 2 N–H and O–H groups in total. The second kappa shape index (κ2) is 6.92. The summed E-state index contributed by atoms with van der Waals surface area (Å²) in [6.07, 6.45) is 0.339. The van der Waals surface area contributed by atoms with E-state index in [1.807, 2.05) is 6.92 Å². The van der Waals surface area contributed by atoms with Gasteiger partial charge in [-0.1, -0.05) is 23.2 Å². The zero-order valence-corrected chi connectivity index (χ0v) is 11.7. The Balaban J connectivity index is 2.70. The minimum atomic E-state index is -0.504. The summed E-state index contributed by atoms with van der Waals surface area (Å²) in [5.74, 6) is -0.567.